The second kappa shape index (κ2) is 5.82. The minimum Gasteiger partial charge on any atom is -0.341 e. The molecule has 2 fully saturated rings. The molecule has 0 aromatic carbocycles. The number of likely N-dealkylation sites (N-methyl/N-ethyl adjacent to an activating group) is 1. The summed E-state index contributed by atoms with van der Waals surface area (Å²) in [6, 6.07) is 0. The Morgan fingerprint density at radius 1 is 1.16 bits per heavy atom. The lowest BCUT2D eigenvalue weighted by Gasteiger charge is -2.45. The molecule has 2 heterocycles. The van der Waals surface area contributed by atoms with Crippen molar-refractivity contribution in [1.29, 1.82) is 0 Å². The molecule has 3 nitrogen and oxygen atoms in total. The zero-order chi connectivity index (χ0) is 14.0. The van der Waals surface area contributed by atoms with Gasteiger partial charge in [0.05, 0.1) is 5.54 Å². The van der Waals surface area contributed by atoms with Gasteiger partial charge in [0, 0.05) is 13.1 Å². The zero-order valence-electron chi connectivity index (χ0n) is 13.1. The van der Waals surface area contributed by atoms with Gasteiger partial charge in [-0.15, -0.1) is 0 Å². The van der Waals surface area contributed by atoms with Crippen LogP contribution in [0, 0.1) is 11.8 Å². The van der Waals surface area contributed by atoms with E-state index in [0.717, 1.165) is 37.9 Å². The lowest BCUT2D eigenvalue weighted by molar-refractivity contribution is -0.146. The Hall–Kier alpha value is -0.570. The molecule has 0 spiro atoms. The monoisotopic (exact) mass is 266 g/mol. The van der Waals surface area contributed by atoms with Gasteiger partial charge in [-0.05, 0) is 64.5 Å². The van der Waals surface area contributed by atoms with E-state index in [1.807, 2.05) is 0 Å². The van der Waals surface area contributed by atoms with Crippen molar-refractivity contribution in [2.24, 2.45) is 11.8 Å². The molecule has 1 unspecified atom stereocenters. The molecule has 19 heavy (non-hydrogen) atoms. The highest BCUT2D eigenvalue weighted by Crippen LogP contribution is 2.31. The fourth-order valence-electron chi connectivity index (χ4n) is 3.64. The standard InChI is InChI=1S/C16H30N2O/c1-13(2)14-7-11-18(12-8-14)15(19)16(3)9-5-6-10-17(16)4/h13-14H,5-12H2,1-4H3. The zero-order valence-corrected chi connectivity index (χ0v) is 13.1. The highest BCUT2D eigenvalue weighted by atomic mass is 16.2. The fraction of sp³-hybridized carbons (Fsp3) is 0.938. The highest BCUT2D eigenvalue weighted by Gasteiger charge is 2.42. The van der Waals surface area contributed by atoms with Crippen LogP contribution in [-0.4, -0.2) is 47.9 Å². The van der Waals surface area contributed by atoms with Crippen molar-refractivity contribution in [2.75, 3.05) is 26.7 Å². The molecule has 0 aromatic heterocycles. The number of carbonyl (C=O) groups is 1. The SMILES string of the molecule is CC(C)C1CCN(C(=O)C2(C)CCCCN2C)CC1. The van der Waals surface area contributed by atoms with Crippen LogP contribution in [0.15, 0.2) is 0 Å². The summed E-state index contributed by atoms with van der Waals surface area (Å²) < 4.78 is 0. The molecule has 0 aliphatic carbocycles. The summed E-state index contributed by atoms with van der Waals surface area (Å²) in [5.74, 6) is 1.93. The first-order valence-corrected chi connectivity index (χ1v) is 7.96. The Kier molecular flexibility index (Phi) is 4.54. The van der Waals surface area contributed by atoms with Crippen molar-refractivity contribution in [3.8, 4) is 0 Å². The first kappa shape index (κ1) is 14.8. The molecule has 1 amide bonds. The molecule has 110 valence electrons. The first-order valence-electron chi connectivity index (χ1n) is 7.96. The quantitative estimate of drug-likeness (QED) is 0.767. The maximum absolute atomic E-state index is 12.8. The van der Waals surface area contributed by atoms with Crippen LogP contribution in [0.5, 0.6) is 0 Å². The summed E-state index contributed by atoms with van der Waals surface area (Å²) in [5.41, 5.74) is -0.247. The molecule has 0 aromatic rings. The highest BCUT2D eigenvalue weighted by molar-refractivity contribution is 5.86. The molecule has 2 rings (SSSR count). The number of piperidine rings is 2. The predicted octanol–water partition coefficient (Wildman–Crippen LogP) is 2.76. The molecule has 0 bridgehead atoms. The van der Waals surface area contributed by atoms with Crippen molar-refractivity contribution < 1.29 is 4.79 Å². The second-order valence-corrected chi connectivity index (χ2v) is 7.03. The molecular weight excluding hydrogens is 236 g/mol. The Morgan fingerprint density at radius 2 is 1.79 bits per heavy atom. The van der Waals surface area contributed by atoms with E-state index < -0.39 is 0 Å². The first-order chi connectivity index (χ1) is 8.95. The van der Waals surface area contributed by atoms with Gasteiger partial charge in [0.2, 0.25) is 5.91 Å². The molecule has 2 saturated heterocycles. The van der Waals surface area contributed by atoms with Crippen LogP contribution in [0.1, 0.15) is 52.9 Å². The number of likely N-dealkylation sites (tertiary alicyclic amines) is 2. The summed E-state index contributed by atoms with van der Waals surface area (Å²) in [6.45, 7) is 9.74. The topological polar surface area (TPSA) is 23.6 Å². The predicted molar refractivity (Wildman–Crippen MR) is 79.0 cm³/mol. The van der Waals surface area contributed by atoms with Gasteiger partial charge in [-0.1, -0.05) is 13.8 Å². The maximum Gasteiger partial charge on any atom is 0.242 e. The molecule has 2 aliphatic heterocycles. The van der Waals surface area contributed by atoms with E-state index in [4.69, 9.17) is 0 Å². The van der Waals surface area contributed by atoms with E-state index in [0.29, 0.717) is 5.91 Å². The van der Waals surface area contributed by atoms with Crippen LogP contribution in [-0.2, 0) is 4.79 Å². The van der Waals surface area contributed by atoms with Gasteiger partial charge in [0.1, 0.15) is 0 Å². The number of rotatable bonds is 2. The second-order valence-electron chi connectivity index (χ2n) is 7.03. The van der Waals surface area contributed by atoms with E-state index in [-0.39, 0.29) is 5.54 Å². The summed E-state index contributed by atoms with van der Waals surface area (Å²) in [7, 11) is 2.11. The van der Waals surface area contributed by atoms with Crippen LogP contribution < -0.4 is 0 Å². The lowest BCUT2D eigenvalue weighted by atomic mass is 9.84. The number of nitrogens with zero attached hydrogens (tertiary/aromatic N) is 2. The molecular formula is C16H30N2O. The van der Waals surface area contributed by atoms with Crippen molar-refractivity contribution in [3.63, 3.8) is 0 Å². The van der Waals surface area contributed by atoms with Crippen LogP contribution in [0.3, 0.4) is 0 Å². The van der Waals surface area contributed by atoms with Crippen LogP contribution in [0.4, 0.5) is 0 Å². The van der Waals surface area contributed by atoms with Gasteiger partial charge in [-0.2, -0.15) is 0 Å². The molecule has 1 atom stereocenters. The third kappa shape index (κ3) is 2.96. The summed E-state index contributed by atoms with van der Waals surface area (Å²) in [4.78, 5) is 17.2. The summed E-state index contributed by atoms with van der Waals surface area (Å²) >= 11 is 0. The third-order valence-electron chi connectivity index (χ3n) is 5.48. The van der Waals surface area contributed by atoms with Gasteiger partial charge < -0.3 is 4.90 Å². The average Bonchev–Trinajstić information content (AvgIpc) is 2.41. The maximum atomic E-state index is 12.8. The number of hydrogen-bond donors (Lipinski definition) is 0. The van der Waals surface area contributed by atoms with Gasteiger partial charge in [0.25, 0.3) is 0 Å². The van der Waals surface area contributed by atoms with E-state index in [9.17, 15) is 4.79 Å². The van der Waals surface area contributed by atoms with Gasteiger partial charge in [0.15, 0.2) is 0 Å². The van der Waals surface area contributed by atoms with Gasteiger partial charge >= 0.3 is 0 Å². The molecule has 3 heteroatoms. The summed E-state index contributed by atoms with van der Waals surface area (Å²) in [5, 5.41) is 0. The molecule has 2 aliphatic rings. The van der Waals surface area contributed by atoms with Crippen LogP contribution >= 0.6 is 0 Å². The largest absolute Gasteiger partial charge is 0.341 e. The van der Waals surface area contributed by atoms with E-state index in [1.165, 1.54) is 25.7 Å². The van der Waals surface area contributed by atoms with Crippen LogP contribution in [0.2, 0.25) is 0 Å². The number of hydrogen-bond acceptors (Lipinski definition) is 2. The lowest BCUT2D eigenvalue weighted by Crippen LogP contribution is -2.59. The number of amides is 1. The number of carbonyl (C=O) groups excluding carboxylic acids is 1. The smallest absolute Gasteiger partial charge is 0.242 e. The minimum absolute atomic E-state index is 0.247. The molecule has 0 radical (unpaired) electrons. The van der Waals surface area contributed by atoms with Crippen molar-refractivity contribution in [3.05, 3.63) is 0 Å². The molecule has 0 N–H and O–H groups in total. The van der Waals surface area contributed by atoms with E-state index >= 15 is 0 Å². The van der Waals surface area contributed by atoms with Crippen molar-refractivity contribution >= 4 is 5.91 Å². The minimum atomic E-state index is -0.247. The molecule has 0 saturated carbocycles. The normalized spacial score (nSPS) is 30.9. The summed E-state index contributed by atoms with van der Waals surface area (Å²) in [6.07, 6.45) is 5.81. The Balaban J connectivity index is 1.97. The fourth-order valence-corrected chi connectivity index (χ4v) is 3.64. The Bertz CT molecular complexity index is 321. The third-order valence-corrected chi connectivity index (χ3v) is 5.48. The Labute approximate surface area is 118 Å². The van der Waals surface area contributed by atoms with Crippen LogP contribution in [0.25, 0.3) is 0 Å². The van der Waals surface area contributed by atoms with Gasteiger partial charge in [-0.25, -0.2) is 0 Å². The van der Waals surface area contributed by atoms with Gasteiger partial charge in [-0.3, -0.25) is 9.69 Å². The average molecular weight is 266 g/mol. The van der Waals surface area contributed by atoms with E-state index in [2.05, 4.69) is 37.6 Å². The van der Waals surface area contributed by atoms with Crippen molar-refractivity contribution in [1.82, 2.24) is 9.80 Å². The van der Waals surface area contributed by atoms with E-state index in [1.54, 1.807) is 0 Å². The van der Waals surface area contributed by atoms with Crippen molar-refractivity contribution in [2.45, 2.75) is 58.4 Å². The Morgan fingerprint density at radius 3 is 2.32 bits per heavy atom.